The van der Waals surface area contributed by atoms with Gasteiger partial charge in [0.1, 0.15) is 0 Å². The van der Waals surface area contributed by atoms with Crippen LogP contribution in [0, 0.1) is 5.92 Å². The summed E-state index contributed by atoms with van der Waals surface area (Å²) >= 11 is 0. The number of fused-ring (bicyclic) bond motifs is 3. The quantitative estimate of drug-likeness (QED) is 0.661. The van der Waals surface area contributed by atoms with Gasteiger partial charge in [0.25, 0.3) is 0 Å². The second-order valence-corrected chi connectivity index (χ2v) is 4.46. The summed E-state index contributed by atoms with van der Waals surface area (Å²) in [6, 6.07) is 0.686. The van der Waals surface area contributed by atoms with Crippen molar-refractivity contribution in [3.05, 3.63) is 0 Å². The number of aliphatic hydroxyl groups is 2. The van der Waals surface area contributed by atoms with Gasteiger partial charge in [-0.1, -0.05) is 0 Å². The first-order valence-corrected chi connectivity index (χ1v) is 5.32. The maximum atomic E-state index is 9.35. The molecule has 0 aromatic carbocycles. The van der Waals surface area contributed by atoms with E-state index in [2.05, 4.69) is 4.90 Å². The molecule has 3 rings (SSSR count). The average molecular weight is 185 g/mol. The Morgan fingerprint density at radius 1 is 1.23 bits per heavy atom. The Hall–Kier alpha value is -0.120. The minimum absolute atomic E-state index is 0.103. The summed E-state index contributed by atoms with van der Waals surface area (Å²) in [6.07, 6.45) is 4.79. The fourth-order valence-corrected chi connectivity index (χ4v) is 2.73. The molecule has 13 heavy (non-hydrogen) atoms. The summed E-state index contributed by atoms with van der Waals surface area (Å²) in [7, 11) is 0. The van der Waals surface area contributed by atoms with E-state index in [0.29, 0.717) is 12.6 Å². The summed E-state index contributed by atoms with van der Waals surface area (Å²) in [5, 5.41) is 18.1. The van der Waals surface area contributed by atoms with Crippen molar-refractivity contribution in [3.8, 4) is 0 Å². The molecule has 1 aliphatic carbocycles. The predicted molar refractivity (Wildman–Crippen MR) is 50.4 cm³/mol. The Kier molecular flexibility index (Phi) is 2.86. The molecule has 3 fully saturated rings. The van der Waals surface area contributed by atoms with Gasteiger partial charge in [-0.25, -0.2) is 0 Å². The Balaban J connectivity index is 1.86. The summed E-state index contributed by atoms with van der Waals surface area (Å²) < 4.78 is 0. The molecule has 2 aliphatic heterocycles. The molecule has 1 saturated carbocycles. The second kappa shape index (κ2) is 3.95. The fraction of sp³-hybridized carbons (Fsp3) is 1.00. The topological polar surface area (TPSA) is 43.7 Å². The molecule has 76 valence electrons. The summed E-state index contributed by atoms with van der Waals surface area (Å²) in [5.74, 6) is 0.857. The van der Waals surface area contributed by atoms with E-state index in [-0.39, 0.29) is 6.61 Å². The molecule has 0 radical (unpaired) electrons. The SMILES string of the molecule is OCC(O)CN1CC2CCC1CC2. The zero-order valence-electron chi connectivity index (χ0n) is 8.02. The normalized spacial score (nSPS) is 36.5. The molecule has 0 aromatic heterocycles. The van der Waals surface area contributed by atoms with Crippen molar-refractivity contribution in [3.63, 3.8) is 0 Å². The van der Waals surface area contributed by atoms with E-state index < -0.39 is 6.10 Å². The maximum absolute atomic E-state index is 9.35. The van der Waals surface area contributed by atoms with Crippen LogP contribution >= 0.6 is 0 Å². The van der Waals surface area contributed by atoms with Gasteiger partial charge in [-0.2, -0.15) is 0 Å². The van der Waals surface area contributed by atoms with Crippen molar-refractivity contribution >= 4 is 0 Å². The Bertz CT molecular complexity index is 166. The lowest BCUT2D eigenvalue weighted by atomic mass is 9.80. The third-order valence-electron chi connectivity index (χ3n) is 3.48. The first-order valence-electron chi connectivity index (χ1n) is 5.32. The monoisotopic (exact) mass is 185 g/mol. The summed E-state index contributed by atoms with van der Waals surface area (Å²) in [4.78, 5) is 2.36. The van der Waals surface area contributed by atoms with Gasteiger partial charge >= 0.3 is 0 Å². The van der Waals surface area contributed by atoms with Gasteiger partial charge in [0.2, 0.25) is 0 Å². The second-order valence-electron chi connectivity index (χ2n) is 4.46. The van der Waals surface area contributed by atoms with Gasteiger partial charge in [0.15, 0.2) is 0 Å². The molecular weight excluding hydrogens is 166 g/mol. The number of aliphatic hydroxyl groups excluding tert-OH is 2. The smallest absolute Gasteiger partial charge is 0.0897 e. The van der Waals surface area contributed by atoms with Gasteiger partial charge in [-0.05, 0) is 31.6 Å². The maximum Gasteiger partial charge on any atom is 0.0897 e. The zero-order valence-corrected chi connectivity index (χ0v) is 8.02. The van der Waals surface area contributed by atoms with Crippen LogP contribution in [0.5, 0.6) is 0 Å². The van der Waals surface area contributed by atoms with Crippen molar-refractivity contribution in [1.82, 2.24) is 4.90 Å². The highest BCUT2D eigenvalue weighted by atomic mass is 16.3. The molecule has 0 aromatic rings. The summed E-state index contributed by atoms with van der Waals surface area (Å²) in [5.41, 5.74) is 0. The van der Waals surface area contributed by atoms with Gasteiger partial charge < -0.3 is 10.2 Å². The highest BCUT2D eigenvalue weighted by Crippen LogP contribution is 2.34. The minimum Gasteiger partial charge on any atom is -0.394 e. The molecule has 3 heteroatoms. The van der Waals surface area contributed by atoms with Crippen LogP contribution in [0.2, 0.25) is 0 Å². The van der Waals surface area contributed by atoms with Crippen LogP contribution in [0.15, 0.2) is 0 Å². The van der Waals surface area contributed by atoms with E-state index in [4.69, 9.17) is 5.11 Å². The van der Waals surface area contributed by atoms with Crippen molar-refractivity contribution in [2.45, 2.75) is 37.8 Å². The van der Waals surface area contributed by atoms with Crippen molar-refractivity contribution in [2.24, 2.45) is 5.92 Å². The van der Waals surface area contributed by atoms with Crippen LogP contribution in [0.3, 0.4) is 0 Å². The molecule has 1 unspecified atom stereocenters. The van der Waals surface area contributed by atoms with Crippen LogP contribution in [-0.4, -0.2) is 47.0 Å². The van der Waals surface area contributed by atoms with Crippen LogP contribution in [0.25, 0.3) is 0 Å². The molecule has 0 amide bonds. The van der Waals surface area contributed by atoms with Gasteiger partial charge in [0.05, 0.1) is 12.7 Å². The molecule has 2 heterocycles. The van der Waals surface area contributed by atoms with Gasteiger partial charge in [0, 0.05) is 19.1 Å². The molecule has 2 saturated heterocycles. The number of nitrogens with zero attached hydrogens (tertiary/aromatic N) is 1. The van der Waals surface area contributed by atoms with Crippen LogP contribution in [0.4, 0.5) is 0 Å². The van der Waals surface area contributed by atoms with Crippen molar-refractivity contribution < 1.29 is 10.2 Å². The van der Waals surface area contributed by atoms with E-state index in [0.717, 1.165) is 12.5 Å². The number of piperidine rings is 2. The number of hydrogen-bond acceptors (Lipinski definition) is 3. The molecule has 3 nitrogen and oxygen atoms in total. The van der Waals surface area contributed by atoms with E-state index in [1.54, 1.807) is 0 Å². The third-order valence-corrected chi connectivity index (χ3v) is 3.48. The standard InChI is InChI=1S/C10H19NO2/c12-7-10(13)6-11-5-8-1-3-9(11)4-2-8/h8-10,12-13H,1-7H2. The Morgan fingerprint density at radius 3 is 2.38 bits per heavy atom. The van der Waals surface area contributed by atoms with E-state index in [1.165, 1.54) is 25.7 Å². The van der Waals surface area contributed by atoms with E-state index in [1.807, 2.05) is 0 Å². The lowest BCUT2D eigenvalue weighted by Crippen LogP contribution is -2.50. The molecule has 2 bridgehead atoms. The summed E-state index contributed by atoms with van der Waals surface area (Å²) in [6.45, 7) is 1.70. The third kappa shape index (κ3) is 2.03. The minimum atomic E-state index is -0.542. The lowest BCUT2D eigenvalue weighted by Gasteiger charge is -2.45. The Morgan fingerprint density at radius 2 is 1.92 bits per heavy atom. The Labute approximate surface area is 79.4 Å². The molecule has 3 aliphatic rings. The van der Waals surface area contributed by atoms with Crippen LogP contribution in [0.1, 0.15) is 25.7 Å². The average Bonchev–Trinajstić information content (AvgIpc) is 2.19. The molecule has 0 spiro atoms. The largest absolute Gasteiger partial charge is 0.394 e. The number of rotatable bonds is 3. The highest BCUT2D eigenvalue weighted by molar-refractivity contribution is 4.88. The van der Waals surface area contributed by atoms with Gasteiger partial charge in [-0.3, -0.25) is 4.90 Å². The first-order chi connectivity index (χ1) is 6.29. The molecule has 1 atom stereocenters. The van der Waals surface area contributed by atoms with Gasteiger partial charge in [-0.15, -0.1) is 0 Å². The van der Waals surface area contributed by atoms with Crippen molar-refractivity contribution in [2.75, 3.05) is 19.7 Å². The predicted octanol–water partition coefficient (Wildman–Crippen LogP) is 0.214. The lowest BCUT2D eigenvalue weighted by molar-refractivity contribution is -0.00532. The first kappa shape index (κ1) is 9.44. The molecule has 2 N–H and O–H groups in total. The fourth-order valence-electron chi connectivity index (χ4n) is 2.73. The zero-order chi connectivity index (χ0) is 9.26. The van der Waals surface area contributed by atoms with Crippen LogP contribution in [-0.2, 0) is 0 Å². The molecular formula is C10H19NO2. The van der Waals surface area contributed by atoms with Crippen molar-refractivity contribution in [1.29, 1.82) is 0 Å². The van der Waals surface area contributed by atoms with Crippen LogP contribution < -0.4 is 0 Å². The van der Waals surface area contributed by atoms with E-state index in [9.17, 15) is 5.11 Å². The highest BCUT2D eigenvalue weighted by Gasteiger charge is 2.33. The van der Waals surface area contributed by atoms with E-state index >= 15 is 0 Å². The number of hydrogen-bond donors (Lipinski definition) is 2.